The summed E-state index contributed by atoms with van der Waals surface area (Å²) in [5, 5.41) is 4.82. The van der Waals surface area contributed by atoms with Crippen LogP contribution in [-0.4, -0.2) is 9.78 Å². The van der Waals surface area contributed by atoms with Crippen LogP contribution in [0.1, 0.15) is 56.3 Å². The van der Waals surface area contributed by atoms with Crippen LogP contribution in [0.25, 0.3) is 11.1 Å². The van der Waals surface area contributed by atoms with E-state index in [9.17, 15) is 0 Å². The summed E-state index contributed by atoms with van der Waals surface area (Å²) < 4.78 is 2.21. The average Bonchev–Trinajstić information content (AvgIpc) is 2.64. The molecular formula is C19H28N2Pt. The molecule has 124 valence electrons. The van der Waals surface area contributed by atoms with Crippen molar-refractivity contribution in [2.24, 2.45) is 5.92 Å². The third kappa shape index (κ3) is 4.10. The molecule has 0 aliphatic rings. The Balaban J connectivity index is 0.00000242. The molecule has 0 saturated heterocycles. The molecule has 0 fully saturated rings. The van der Waals surface area contributed by atoms with Crippen LogP contribution in [0.2, 0.25) is 0 Å². The first-order valence-corrected chi connectivity index (χ1v) is 7.96. The largest absolute Gasteiger partial charge is 0.266 e. The second kappa shape index (κ2) is 7.59. The van der Waals surface area contributed by atoms with E-state index in [0.29, 0.717) is 12.0 Å². The molecule has 1 aromatic carbocycles. The minimum absolute atomic E-state index is 0. The molecule has 2 aromatic rings. The molecule has 2 rings (SSSR count). The van der Waals surface area contributed by atoms with Crippen molar-refractivity contribution in [3.05, 3.63) is 40.7 Å². The first-order valence-electron chi connectivity index (χ1n) is 7.96. The quantitative estimate of drug-likeness (QED) is 0.586. The molecule has 0 aliphatic heterocycles. The molecule has 0 N–H and O–H groups in total. The SMILES string of the molecule is Cc1cc(C)cc(-c2c(C)nn(C(C)C)c2CC(C)C)c1.[Pt]. The number of aryl methyl sites for hydroxylation is 3. The summed E-state index contributed by atoms with van der Waals surface area (Å²) in [4.78, 5) is 0. The number of hydrogen-bond acceptors (Lipinski definition) is 1. The summed E-state index contributed by atoms with van der Waals surface area (Å²) in [7, 11) is 0. The van der Waals surface area contributed by atoms with Crippen molar-refractivity contribution in [3.8, 4) is 11.1 Å². The number of aromatic nitrogens is 2. The van der Waals surface area contributed by atoms with Crippen molar-refractivity contribution < 1.29 is 21.1 Å². The zero-order valence-corrected chi connectivity index (χ0v) is 17.1. The predicted octanol–water partition coefficient (Wildman–Crippen LogP) is 5.25. The van der Waals surface area contributed by atoms with Crippen LogP contribution in [0.15, 0.2) is 18.2 Å². The Kier molecular flexibility index (Phi) is 6.62. The minimum atomic E-state index is 0. The first kappa shape index (κ1) is 19.2. The van der Waals surface area contributed by atoms with E-state index in [4.69, 9.17) is 5.10 Å². The van der Waals surface area contributed by atoms with Gasteiger partial charge in [0.05, 0.1) is 5.69 Å². The molecule has 0 radical (unpaired) electrons. The van der Waals surface area contributed by atoms with Crippen LogP contribution in [0, 0.1) is 26.7 Å². The Morgan fingerprint density at radius 2 is 1.50 bits per heavy atom. The van der Waals surface area contributed by atoms with Crippen molar-refractivity contribution in [3.63, 3.8) is 0 Å². The van der Waals surface area contributed by atoms with E-state index < -0.39 is 0 Å². The standard InChI is InChI=1S/C19H28N2.Pt/c1-12(2)8-18-19(16(7)20-21(18)13(3)4)17-10-14(5)9-15(6)11-17;/h9-13H,8H2,1-7H3;. The van der Waals surface area contributed by atoms with E-state index in [-0.39, 0.29) is 21.1 Å². The number of rotatable bonds is 4. The van der Waals surface area contributed by atoms with Crippen molar-refractivity contribution in [1.29, 1.82) is 0 Å². The summed E-state index contributed by atoms with van der Waals surface area (Å²) in [6.45, 7) is 15.4. The van der Waals surface area contributed by atoms with E-state index in [2.05, 4.69) is 71.3 Å². The maximum Gasteiger partial charge on any atom is 0.0675 e. The van der Waals surface area contributed by atoms with Gasteiger partial charge in [-0.05, 0) is 52.5 Å². The van der Waals surface area contributed by atoms with Gasteiger partial charge in [-0.2, -0.15) is 5.10 Å². The fourth-order valence-electron chi connectivity index (χ4n) is 3.10. The van der Waals surface area contributed by atoms with E-state index >= 15 is 0 Å². The Morgan fingerprint density at radius 1 is 0.955 bits per heavy atom. The Hall–Kier alpha value is -0.882. The Bertz CT molecular complexity index is 619. The van der Waals surface area contributed by atoms with Crippen LogP contribution < -0.4 is 0 Å². The number of hydrogen-bond donors (Lipinski definition) is 0. The van der Waals surface area contributed by atoms with Gasteiger partial charge in [0.2, 0.25) is 0 Å². The maximum atomic E-state index is 4.82. The van der Waals surface area contributed by atoms with Crippen molar-refractivity contribution in [1.82, 2.24) is 9.78 Å². The molecule has 0 atom stereocenters. The van der Waals surface area contributed by atoms with Gasteiger partial charge in [-0.1, -0.05) is 43.2 Å². The molecule has 0 bridgehead atoms. The van der Waals surface area contributed by atoms with Gasteiger partial charge in [-0.3, -0.25) is 4.68 Å². The van der Waals surface area contributed by atoms with Crippen LogP contribution in [0.3, 0.4) is 0 Å². The van der Waals surface area contributed by atoms with Crippen molar-refractivity contribution in [2.75, 3.05) is 0 Å². The van der Waals surface area contributed by atoms with Crippen LogP contribution in [0.4, 0.5) is 0 Å². The van der Waals surface area contributed by atoms with E-state index in [1.807, 2.05) is 0 Å². The first-order chi connectivity index (χ1) is 9.79. The van der Waals surface area contributed by atoms with Gasteiger partial charge in [-0.15, -0.1) is 0 Å². The molecule has 1 heterocycles. The Labute approximate surface area is 149 Å². The summed E-state index contributed by atoms with van der Waals surface area (Å²) >= 11 is 0. The molecule has 1 aromatic heterocycles. The van der Waals surface area contributed by atoms with Gasteiger partial charge in [-0.25, -0.2) is 0 Å². The molecule has 0 amide bonds. The molecule has 0 saturated carbocycles. The van der Waals surface area contributed by atoms with Gasteiger partial charge < -0.3 is 0 Å². The molecule has 3 heteroatoms. The summed E-state index contributed by atoms with van der Waals surface area (Å²) in [6, 6.07) is 7.20. The molecule has 0 unspecified atom stereocenters. The second-order valence-electron chi connectivity index (χ2n) is 6.92. The third-order valence-electron chi connectivity index (χ3n) is 3.79. The molecule has 0 aliphatic carbocycles. The summed E-state index contributed by atoms with van der Waals surface area (Å²) in [5.74, 6) is 0.628. The van der Waals surface area contributed by atoms with Crippen LogP contribution >= 0.6 is 0 Å². The van der Waals surface area contributed by atoms with Crippen LogP contribution in [-0.2, 0) is 27.5 Å². The van der Waals surface area contributed by atoms with Crippen LogP contribution in [0.5, 0.6) is 0 Å². The van der Waals surface area contributed by atoms with Gasteiger partial charge in [0.1, 0.15) is 0 Å². The van der Waals surface area contributed by atoms with Gasteiger partial charge in [0, 0.05) is 38.4 Å². The monoisotopic (exact) mass is 479 g/mol. The van der Waals surface area contributed by atoms with Crippen molar-refractivity contribution in [2.45, 2.75) is 60.9 Å². The Morgan fingerprint density at radius 3 is 1.95 bits per heavy atom. The van der Waals surface area contributed by atoms with Gasteiger partial charge in [0.15, 0.2) is 0 Å². The van der Waals surface area contributed by atoms with E-state index in [1.54, 1.807) is 0 Å². The zero-order valence-electron chi connectivity index (χ0n) is 14.8. The number of nitrogens with zero attached hydrogens (tertiary/aromatic N) is 2. The number of benzene rings is 1. The fraction of sp³-hybridized carbons (Fsp3) is 0.526. The normalized spacial score (nSPS) is 11.1. The summed E-state index contributed by atoms with van der Waals surface area (Å²) in [5.41, 5.74) is 7.80. The van der Waals surface area contributed by atoms with E-state index in [1.165, 1.54) is 27.9 Å². The minimum Gasteiger partial charge on any atom is -0.266 e. The van der Waals surface area contributed by atoms with Crippen molar-refractivity contribution >= 4 is 0 Å². The fourth-order valence-corrected chi connectivity index (χ4v) is 3.10. The molecule has 22 heavy (non-hydrogen) atoms. The topological polar surface area (TPSA) is 17.8 Å². The maximum absolute atomic E-state index is 4.82. The van der Waals surface area contributed by atoms with Gasteiger partial charge >= 0.3 is 0 Å². The molecular weight excluding hydrogens is 451 g/mol. The smallest absolute Gasteiger partial charge is 0.0675 e. The zero-order chi connectivity index (χ0) is 15.7. The molecule has 2 nitrogen and oxygen atoms in total. The third-order valence-corrected chi connectivity index (χ3v) is 3.79. The summed E-state index contributed by atoms with van der Waals surface area (Å²) in [6.07, 6.45) is 1.07. The predicted molar refractivity (Wildman–Crippen MR) is 90.8 cm³/mol. The van der Waals surface area contributed by atoms with Gasteiger partial charge in [0.25, 0.3) is 0 Å². The molecule has 0 spiro atoms. The van der Waals surface area contributed by atoms with E-state index in [0.717, 1.165) is 12.1 Å². The average molecular weight is 480 g/mol. The second-order valence-corrected chi connectivity index (χ2v) is 6.92.